The molecule has 0 aliphatic carbocycles. The smallest absolute Gasteiger partial charge is 0.277 e. The minimum Gasteiger partial charge on any atom is -0.496 e. The van der Waals surface area contributed by atoms with Crippen molar-refractivity contribution in [1.82, 2.24) is 14.5 Å². The normalized spacial score (nSPS) is 14.2. The van der Waals surface area contributed by atoms with Gasteiger partial charge in [0.2, 0.25) is 0 Å². The monoisotopic (exact) mass is 367 g/mol. The van der Waals surface area contributed by atoms with Gasteiger partial charge in [0.25, 0.3) is 16.1 Å². The lowest BCUT2D eigenvalue weighted by Gasteiger charge is -2.13. The molecule has 1 amide bonds. The molecule has 2 heterocycles. The zero-order valence-corrected chi connectivity index (χ0v) is 14.4. The van der Waals surface area contributed by atoms with E-state index in [-0.39, 0.29) is 18.7 Å². The lowest BCUT2D eigenvalue weighted by atomic mass is 10.1. The number of carbonyl (C=O) groups excluding carboxylic acids is 1. The zero-order chi connectivity index (χ0) is 18.2. The fourth-order valence-electron chi connectivity index (χ4n) is 2.64. The summed E-state index contributed by atoms with van der Waals surface area (Å²) in [5.74, 6) is 0.521. The molecule has 1 aliphatic rings. The molecule has 3 rings (SSSR count). The number of nitrogens with one attached hydrogen (secondary N) is 2. The molecule has 1 aromatic carbocycles. The van der Waals surface area contributed by atoms with Crippen LogP contribution in [0.25, 0.3) is 0 Å². The molecule has 0 fully saturated rings. The van der Waals surface area contributed by atoms with E-state index in [1.54, 1.807) is 18.2 Å². The number of carbonyl (C=O) groups is 1. The molecule has 25 heavy (non-hydrogen) atoms. The van der Waals surface area contributed by atoms with Gasteiger partial charge in [-0.25, -0.2) is 5.14 Å². The molecule has 0 unspecified atom stereocenters. The SMILES string of the molecule is COc1cccc(OC)c1C(=O)Nc1[nH]nc2c1CN(S(N)(=O)=O)C2. The molecule has 4 N–H and O–H groups in total. The molecule has 2 aromatic rings. The third kappa shape index (κ3) is 3.16. The highest BCUT2D eigenvalue weighted by Crippen LogP contribution is 2.31. The summed E-state index contributed by atoms with van der Waals surface area (Å²) in [6.45, 7) is 0.0852. The fraction of sp³-hybridized carbons (Fsp3) is 0.286. The van der Waals surface area contributed by atoms with Crippen LogP contribution >= 0.6 is 0 Å². The second kappa shape index (κ2) is 6.35. The van der Waals surface area contributed by atoms with Gasteiger partial charge in [-0.3, -0.25) is 9.89 Å². The molecule has 134 valence electrons. The van der Waals surface area contributed by atoms with Gasteiger partial charge in [0.15, 0.2) is 0 Å². The maximum absolute atomic E-state index is 12.7. The van der Waals surface area contributed by atoms with Crippen molar-refractivity contribution in [3.05, 3.63) is 35.0 Å². The average molecular weight is 367 g/mol. The quantitative estimate of drug-likeness (QED) is 0.690. The first-order valence-electron chi connectivity index (χ1n) is 7.21. The van der Waals surface area contributed by atoms with Crippen molar-refractivity contribution in [3.63, 3.8) is 0 Å². The number of amides is 1. The number of H-pyrrole nitrogens is 1. The molecule has 10 nitrogen and oxygen atoms in total. The number of rotatable bonds is 5. The van der Waals surface area contributed by atoms with Crippen LogP contribution in [-0.4, -0.2) is 43.0 Å². The summed E-state index contributed by atoms with van der Waals surface area (Å²) in [4.78, 5) is 12.7. The number of anilines is 1. The number of fused-ring (bicyclic) bond motifs is 1. The lowest BCUT2D eigenvalue weighted by molar-refractivity contribution is 0.102. The molecule has 0 spiro atoms. The number of aromatic nitrogens is 2. The molecule has 0 radical (unpaired) electrons. The Hall–Kier alpha value is -2.63. The van der Waals surface area contributed by atoms with E-state index in [0.29, 0.717) is 28.6 Å². The Labute approximate surface area is 144 Å². The van der Waals surface area contributed by atoms with Crippen molar-refractivity contribution < 1.29 is 22.7 Å². The molecule has 1 aliphatic heterocycles. The third-order valence-electron chi connectivity index (χ3n) is 3.87. The summed E-state index contributed by atoms with van der Waals surface area (Å²) in [5, 5.41) is 14.5. The van der Waals surface area contributed by atoms with Crippen LogP contribution in [0.5, 0.6) is 11.5 Å². The summed E-state index contributed by atoms with van der Waals surface area (Å²) in [6.07, 6.45) is 0. The van der Waals surface area contributed by atoms with E-state index in [1.807, 2.05) is 0 Å². The van der Waals surface area contributed by atoms with Crippen LogP contribution in [0.2, 0.25) is 0 Å². The highest BCUT2D eigenvalue weighted by atomic mass is 32.2. The maximum Gasteiger partial charge on any atom is 0.277 e. The van der Waals surface area contributed by atoms with E-state index >= 15 is 0 Å². The minimum absolute atomic E-state index is 0.0311. The number of hydrogen-bond donors (Lipinski definition) is 3. The van der Waals surface area contributed by atoms with Crippen molar-refractivity contribution >= 4 is 21.9 Å². The highest BCUT2D eigenvalue weighted by molar-refractivity contribution is 7.86. The van der Waals surface area contributed by atoms with E-state index in [4.69, 9.17) is 14.6 Å². The van der Waals surface area contributed by atoms with Gasteiger partial charge in [0.1, 0.15) is 22.9 Å². The molecule has 0 saturated carbocycles. The number of hydrogen-bond acceptors (Lipinski definition) is 6. The van der Waals surface area contributed by atoms with E-state index in [2.05, 4.69) is 15.5 Å². The second-order valence-electron chi connectivity index (χ2n) is 5.33. The van der Waals surface area contributed by atoms with Gasteiger partial charge in [-0.1, -0.05) is 6.07 Å². The average Bonchev–Trinajstić information content (AvgIpc) is 3.15. The van der Waals surface area contributed by atoms with Crippen LogP contribution in [0.3, 0.4) is 0 Å². The number of ether oxygens (including phenoxy) is 2. The fourth-order valence-corrected chi connectivity index (χ4v) is 3.25. The summed E-state index contributed by atoms with van der Waals surface area (Å²) in [7, 11) is -0.936. The number of nitrogens with two attached hydrogens (primary N) is 1. The van der Waals surface area contributed by atoms with Crippen molar-refractivity contribution in [2.45, 2.75) is 13.1 Å². The highest BCUT2D eigenvalue weighted by Gasteiger charge is 2.32. The Morgan fingerprint density at radius 3 is 2.48 bits per heavy atom. The van der Waals surface area contributed by atoms with Gasteiger partial charge < -0.3 is 14.8 Å². The van der Waals surface area contributed by atoms with E-state index in [0.717, 1.165) is 4.31 Å². The predicted molar refractivity (Wildman–Crippen MR) is 88.4 cm³/mol. The summed E-state index contributed by atoms with van der Waals surface area (Å²) in [6, 6.07) is 4.97. The van der Waals surface area contributed by atoms with Crippen LogP contribution in [0, 0.1) is 0 Å². The molecule has 11 heteroatoms. The largest absolute Gasteiger partial charge is 0.496 e. The standard InChI is InChI=1S/C14H17N5O5S/c1-23-10-4-3-5-11(24-2)12(10)14(20)16-13-8-6-19(25(15,21)22)7-9(8)17-18-13/h3-5H,6-7H2,1-2H3,(H2,15,21,22)(H2,16,17,18,20). The van der Waals surface area contributed by atoms with Crippen LogP contribution in [0.1, 0.15) is 21.6 Å². The summed E-state index contributed by atoms with van der Waals surface area (Å²) < 4.78 is 34.4. The van der Waals surface area contributed by atoms with Gasteiger partial charge in [-0.05, 0) is 12.1 Å². The minimum atomic E-state index is -3.83. The van der Waals surface area contributed by atoms with Crippen LogP contribution in [0.15, 0.2) is 18.2 Å². The first-order chi connectivity index (χ1) is 11.8. The molecular weight excluding hydrogens is 350 g/mol. The first-order valence-corrected chi connectivity index (χ1v) is 8.71. The Balaban J connectivity index is 1.88. The van der Waals surface area contributed by atoms with Crippen LogP contribution < -0.4 is 19.9 Å². The van der Waals surface area contributed by atoms with E-state index in [1.165, 1.54) is 14.2 Å². The van der Waals surface area contributed by atoms with Crippen molar-refractivity contribution in [2.75, 3.05) is 19.5 Å². The molecule has 0 saturated heterocycles. The topological polar surface area (TPSA) is 140 Å². The molecule has 1 aromatic heterocycles. The van der Waals surface area contributed by atoms with Gasteiger partial charge in [0.05, 0.1) is 26.5 Å². The van der Waals surface area contributed by atoms with E-state index in [9.17, 15) is 13.2 Å². The Kier molecular flexibility index (Phi) is 4.37. The molecule has 0 atom stereocenters. The lowest BCUT2D eigenvalue weighted by Crippen LogP contribution is -2.32. The maximum atomic E-state index is 12.7. The Morgan fingerprint density at radius 2 is 1.92 bits per heavy atom. The molecule has 0 bridgehead atoms. The van der Waals surface area contributed by atoms with E-state index < -0.39 is 16.1 Å². The summed E-state index contributed by atoms with van der Waals surface area (Å²) >= 11 is 0. The van der Waals surface area contributed by atoms with Gasteiger partial charge in [-0.2, -0.15) is 17.8 Å². The van der Waals surface area contributed by atoms with Crippen molar-refractivity contribution in [1.29, 1.82) is 0 Å². The van der Waals surface area contributed by atoms with Crippen LogP contribution in [0.4, 0.5) is 5.82 Å². The Bertz CT molecular complexity index is 901. The third-order valence-corrected chi connectivity index (χ3v) is 4.84. The Morgan fingerprint density at radius 1 is 1.28 bits per heavy atom. The second-order valence-corrected chi connectivity index (χ2v) is 6.87. The van der Waals surface area contributed by atoms with Gasteiger partial charge in [0, 0.05) is 12.1 Å². The van der Waals surface area contributed by atoms with Gasteiger partial charge >= 0.3 is 0 Å². The zero-order valence-electron chi connectivity index (χ0n) is 13.6. The number of nitrogens with zero attached hydrogens (tertiary/aromatic N) is 2. The number of benzene rings is 1. The van der Waals surface area contributed by atoms with Crippen molar-refractivity contribution in [3.8, 4) is 11.5 Å². The van der Waals surface area contributed by atoms with Crippen molar-refractivity contribution in [2.24, 2.45) is 5.14 Å². The number of methoxy groups -OCH3 is 2. The van der Waals surface area contributed by atoms with Gasteiger partial charge in [-0.15, -0.1) is 0 Å². The summed E-state index contributed by atoms with van der Waals surface area (Å²) in [5.41, 5.74) is 1.30. The predicted octanol–water partition coefficient (Wildman–Crippen LogP) is 0.198. The number of aromatic amines is 1. The van der Waals surface area contributed by atoms with Crippen LogP contribution in [-0.2, 0) is 23.3 Å². The molecular formula is C14H17N5O5S. The first kappa shape index (κ1) is 17.2.